The van der Waals surface area contributed by atoms with Gasteiger partial charge in [-0.15, -0.1) is 0 Å². The Morgan fingerprint density at radius 1 is 0.750 bits per heavy atom. The van der Waals surface area contributed by atoms with Gasteiger partial charge in [0, 0.05) is 101 Å². The Bertz CT molecular complexity index is 1940. The van der Waals surface area contributed by atoms with Crippen LogP contribution in [-0.4, -0.2) is 71.1 Å². The molecular weight excluding hydrogens is 672 g/mol. The van der Waals surface area contributed by atoms with Crippen LogP contribution in [0, 0.1) is 37.0 Å². The molecule has 0 amide bonds. The largest absolute Gasteiger partial charge is 0.481 e. The zero-order valence-electron chi connectivity index (χ0n) is 29.8. The van der Waals surface area contributed by atoms with Crippen molar-refractivity contribution >= 4 is 47.7 Å². The summed E-state index contributed by atoms with van der Waals surface area (Å²) in [5.41, 5.74) is 7.40. The molecule has 5 heterocycles. The zero-order chi connectivity index (χ0) is 38.1. The number of rotatable bonds is 14. The molecule has 0 aliphatic carbocycles. The molecule has 0 radical (unpaired) electrons. The predicted octanol–water partition coefficient (Wildman–Crippen LogP) is 5.30. The summed E-state index contributed by atoms with van der Waals surface area (Å²) in [5, 5.41) is 52.0. The average Bonchev–Trinajstić information content (AvgIpc) is 3.68. The fourth-order valence-corrected chi connectivity index (χ4v) is 8.10. The standard InChI is InChI=1S/C38H46N4O10/c1-18-21(5-9-33(43)44)28-15-29-22(6-10-34(45)46)19(2)27(40-29)14-31-24(8-12-36(49)50)38(4,17-37(51)52)32(42-31)16-30-23(7-11-35(47)48)20(3)26(41-30)13-25(18)39-28/h13-14,16,20,23-24,39-40,42H,5-12,15,17H2,1-4H3,(H,43,44)(H,45,46)(H,47,48)(H,49,50)(H,51,52)/b26-13-,31-14-,32-16-/t20-,23+,24-,38+/m1/s1. The van der Waals surface area contributed by atoms with Crippen LogP contribution in [-0.2, 0) is 43.2 Å². The van der Waals surface area contributed by atoms with Gasteiger partial charge in [-0.3, -0.25) is 29.0 Å². The third-order valence-electron chi connectivity index (χ3n) is 11.0. The molecule has 3 aliphatic rings. The number of nitrogens with one attached hydrogen (secondary N) is 3. The molecule has 2 aromatic heterocycles. The smallest absolute Gasteiger partial charge is 0.304 e. The Hall–Kier alpha value is -5.40. The van der Waals surface area contributed by atoms with Crippen LogP contribution < -0.4 is 5.32 Å². The van der Waals surface area contributed by atoms with Gasteiger partial charge in [-0.25, -0.2) is 0 Å². The second-order valence-electron chi connectivity index (χ2n) is 14.4. The first kappa shape index (κ1) is 37.8. The Morgan fingerprint density at radius 3 is 1.79 bits per heavy atom. The van der Waals surface area contributed by atoms with Gasteiger partial charge in [-0.2, -0.15) is 0 Å². The lowest BCUT2D eigenvalue weighted by Gasteiger charge is -2.30. The molecule has 14 nitrogen and oxygen atoms in total. The lowest BCUT2D eigenvalue weighted by molar-refractivity contribution is -0.140. The van der Waals surface area contributed by atoms with Crippen molar-refractivity contribution < 1.29 is 49.5 Å². The number of hydrogen-bond donors (Lipinski definition) is 8. The van der Waals surface area contributed by atoms with E-state index in [1.54, 1.807) is 13.0 Å². The monoisotopic (exact) mass is 718 g/mol. The lowest BCUT2D eigenvalue weighted by Crippen LogP contribution is -2.29. The maximum Gasteiger partial charge on any atom is 0.304 e. The van der Waals surface area contributed by atoms with E-state index in [4.69, 9.17) is 4.99 Å². The molecule has 8 bridgehead atoms. The minimum atomic E-state index is -1.09. The summed E-state index contributed by atoms with van der Waals surface area (Å²) >= 11 is 0. The van der Waals surface area contributed by atoms with Crippen LogP contribution in [0.25, 0.3) is 12.2 Å². The Morgan fingerprint density at radius 2 is 1.27 bits per heavy atom. The Kier molecular flexibility index (Phi) is 11.0. The average molecular weight is 719 g/mol. The van der Waals surface area contributed by atoms with Gasteiger partial charge in [0.05, 0.1) is 6.42 Å². The minimum absolute atomic E-state index is 0.100. The number of aliphatic carboxylic acids is 5. The number of aliphatic imine (C=N–C) groups is 1. The number of carbonyl (C=O) groups is 5. The van der Waals surface area contributed by atoms with Crippen molar-refractivity contribution in [3.63, 3.8) is 0 Å². The molecule has 5 rings (SSSR count). The number of fused-ring (bicyclic) bond motifs is 7. The summed E-state index contributed by atoms with van der Waals surface area (Å²) in [6.45, 7) is 7.53. The molecule has 2 aromatic rings. The van der Waals surface area contributed by atoms with Gasteiger partial charge >= 0.3 is 29.8 Å². The first-order valence-corrected chi connectivity index (χ1v) is 17.5. The molecule has 278 valence electrons. The van der Waals surface area contributed by atoms with Crippen LogP contribution in [0.2, 0.25) is 0 Å². The maximum atomic E-state index is 12.4. The number of aromatic amines is 2. The van der Waals surface area contributed by atoms with Gasteiger partial charge in [-0.05, 0) is 80.0 Å². The predicted molar refractivity (Wildman–Crippen MR) is 191 cm³/mol. The summed E-state index contributed by atoms with van der Waals surface area (Å²) < 4.78 is 0. The topological polar surface area (TPSA) is 242 Å². The third-order valence-corrected chi connectivity index (χ3v) is 11.0. The lowest BCUT2D eigenvalue weighted by atomic mass is 9.71. The van der Waals surface area contributed by atoms with Crippen molar-refractivity contribution in [2.75, 3.05) is 0 Å². The van der Waals surface area contributed by atoms with Crippen LogP contribution in [0.5, 0.6) is 0 Å². The quantitative estimate of drug-likeness (QED) is 0.125. The molecule has 0 spiro atoms. The first-order valence-electron chi connectivity index (χ1n) is 17.5. The van der Waals surface area contributed by atoms with Gasteiger partial charge in [0.15, 0.2) is 0 Å². The number of carboxylic acid groups (broad SMARTS) is 5. The molecule has 1 fully saturated rings. The zero-order valence-corrected chi connectivity index (χ0v) is 29.8. The molecule has 4 atom stereocenters. The van der Waals surface area contributed by atoms with Crippen LogP contribution in [0.1, 0.15) is 104 Å². The van der Waals surface area contributed by atoms with E-state index in [1.807, 2.05) is 32.9 Å². The second-order valence-corrected chi connectivity index (χ2v) is 14.4. The second kappa shape index (κ2) is 15.1. The van der Waals surface area contributed by atoms with Crippen LogP contribution in [0.4, 0.5) is 0 Å². The maximum absolute atomic E-state index is 12.4. The first-order chi connectivity index (χ1) is 24.5. The van der Waals surface area contributed by atoms with Crippen molar-refractivity contribution in [2.45, 2.75) is 91.9 Å². The van der Waals surface area contributed by atoms with Crippen LogP contribution >= 0.6 is 0 Å². The molecule has 52 heavy (non-hydrogen) atoms. The van der Waals surface area contributed by atoms with Gasteiger partial charge in [0.2, 0.25) is 0 Å². The summed E-state index contributed by atoms with van der Waals surface area (Å²) in [4.78, 5) is 71.4. The number of hydrogen-bond acceptors (Lipinski definition) is 7. The number of carboxylic acids is 5. The number of H-pyrrole nitrogens is 2. The highest BCUT2D eigenvalue weighted by Crippen LogP contribution is 2.50. The van der Waals surface area contributed by atoms with Gasteiger partial charge in [0.1, 0.15) is 0 Å². The number of aromatic nitrogens is 2. The Balaban J connectivity index is 1.80. The molecule has 0 aromatic carbocycles. The fourth-order valence-electron chi connectivity index (χ4n) is 8.10. The van der Waals surface area contributed by atoms with Gasteiger partial charge in [0.25, 0.3) is 0 Å². The van der Waals surface area contributed by atoms with Crippen LogP contribution in [0.15, 0.2) is 28.2 Å². The highest BCUT2D eigenvalue weighted by atomic mass is 16.4. The van der Waals surface area contributed by atoms with Crippen molar-refractivity contribution in [1.29, 1.82) is 0 Å². The highest BCUT2D eigenvalue weighted by Gasteiger charge is 2.48. The van der Waals surface area contributed by atoms with Crippen molar-refractivity contribution in [3.05, 3.63) is 68.2 Å². The fraction of sp³-hybridized carbons (Fsp3) is 0.474. The van der Waals surface area contributed by atoms with E-state index in [1.165, 1.54) is 0 Å². The molecule has 0 unspecified atom stereocenters. The Labute approximate surface area is 300 Å². The number of allylic oxidation sites excluding steroid dienone is 4. The summed E-state index contributed by atoms with van der Waals surface area (Å²) in [7, 11) is 0. The number of nitrogens with zero attached hydrogens (tertiary/aromatic N) is 1. The van der Waals surface area contributed by atoms with E-state index < -0.39 is 41.2 Å². The SMILES string of the molecule is Cc1c2[nH]c(c1CCC(=O)O)Cc1[nH]c(c(C)c1CCC(=O)O)/C=C1N=C(/C=C3\N/C(=C\2)[C@@H](CCC(=O)O)[C@]3(C)CC(=O)O)[C@@H](CCC(=O)O)[C@H]\1C. The van der Waals surface area contributed by atoms with E-state index in [9.17, 15) is 49.5 Å². The molecular formula is C38H46N4O10. The van der Waals surface area contributed by atoms with E-state index in [-0.39, 0.29) is 69.6 Å². The van der Waals surface area contributed by atoms with Crippen LogP contribution in [0.3, 0.4) is 0 Å². The summed E-state index contributed by atoms with van der Waals surface area (Å²) in [5.74, 6) is -6.09. The van der Waals surface area contributed by atoms with Gasteiger partial charge < -0.3 is 40.8 Å². The van der Waals surface area contributed by atoms with Crippen molar-refractivity contribution in [1.82, 2.24) is 15.3 Å². The molecule has 1 saturated heterocycles. The molecule has 0 saturated carbocycles. The molecule has 8 N–H and O–H groups in total. The van der Waals surface area contributed by atoms with Crippen molar-refractivity contribution in [2.24, 2.45) is 28.2 Å². The van der Waals surface area contributed by atoms with Crippen molar-refractivity contribution in [3.8, 4) is 0 Å². The molecule has 14 heteroatoms. The third kappa shape index (κ3) is 7.90. The van der Waals surface area contributed by atoms with E-state index in [2.05, 4.69) is 15.3 Å². The highest BCUT2D eigenvalue weighted by molar-refractivity contribution is 6.01. The summed E-state index contributed by atoms with van der Waals surface area (Å²) in [6.07, 6.45) is 5.85. The normalized spacial score (nSPS) is 25.2. The molecule has 3 aliphatic heterocycles. The van der Waals surface area contributed by atoms with Gasteiger partial charge in [-0.1, -0.05) is 13.8 Å². The van der Waals surface area contributed by atoms with E-state index in [0.717, 1.165) is 39.3 Å². The van der Waals surface area contributed by atoms with E-state index >= 15 is 0 Å². The summed E-state index contributed by atoms with van der Waals surface area (Å²) in [6, 6.07) is 0. The van der Waals surface area contributed by atoms with E-state index in [0.29, 0.717) is 34.9 Å². The minimum Gasteiger partial charge on any atom is -0.481 e.